The van der Waals surface area contributed by atoms with E-state index in [-0.39, 0.29) is 31.0 Å². The first-order valence-electron chi connectivity index (χ1n) is 14.3. The topological polar surface area (TPSA) is 141 Å². The van der Waals surface area contributed by atoms with Crippen LogP contribution in [0.3, 0.4) is 0 Å². The third-order valence-electron chi connectivity index (χ3n) is 7.31. The third kappa shape index (κ3) is 7.35. The summed E-state index contributed by atoms with van der Waals surface area (Å²) in [6.45, 7) is 0.144. The Morgan fingerprint density at radius 1 is 1.07 bits per heavy atom. The fourth-order valence-corrected chi connectivity index (χ4v) is 5.54. The van der Waals surface area contributed by atoms with Crippen molar-refractivity contribution in [1.29, 1.82) is 0 Å². The maximum Gasteiger partial charge on any atom is 0.266 e. The number of carbonyl (C=O) groups is 1. The Bertz CT molecular complexity index is 1780. The van der Waals surface area contributed by atoms with Crippen molar-refractivity contribution in [3.05, 3.63) is 140 Å². The number of hydrogen-bond donors (Lipinski definition) is 3. The highest BCUT2D eigenvalue weighted by Crippen LogP contribution is 2.45. The van der Waals surface area contributed by atoms with Gasteiger partial charge in [0.15, 0.2) is 11.6 Å². The highest BCUT2D eigenvalue weighted by Gasteiger charge is 2.54. The first-order chi connectivity index (χ1) is 22.3. The van der Waals surface area contributed by atoms with Gasteiger partial charge in [-0.1, -0.05) is 63.5 Å². The van der Waals surface area contributed by atoms with Crippen molar-refractivity contribution in [3.8, 4) is 5.75 Å². The van der Waals surface area contributed by atoms with Crippen LogP contribution in [-0.4, -0.2) is 35.7 Å². The van der Waals surface area contributed by atoms with Crippen molar-refractivity contribution in [2.24, 2.45) is 10.1 Å². The standard InChI is InChI=1S/C33H29BrF2N6O4/c34-27-8-3-2-7-26(27)30-33(19-22-6-1-4-9-29(22)40-42-37,32(44)41-38-20-23-18-24(35)12-15-28(23)36)39-31(46-30)21-10-13-25(14-11-21)45-17-5-16-43/h1-4,6-15,18,30,38,43H,5,16-17,19-20H2,(H,41,44)/t30-,33-/m0/s1. The van der Waals surface area contributed by atoms with Crippen LogP contribution in [0.2, 0.25) is 0 Å². The number of azide groups is 1. The van der Waals surface area contributed by atoms with Crippen LogP contribution in [0, 0.1) is 11.6 Å². The first-order valence-corrected chi connectivity index (χ1v) is 15.1. The van der Waals surface area contributed by atoms with Crippen LogP contribution in [0.4, 0.5) is 14.5 Å². The third-order valence-corrected chi connectivity index (χ3v) is 8.03. The minimum absolute atomic E-state index is 0.0121. The molecule has 0 radical (unpaired) electrons. The summed E-state index contributed by atoms with van der Waals surface area (Å²) in [5, 5.41) is 12.9. The summed E-state index contributed by atoms with van der Waals surface area (Å²) in [5.74, 6) is -1.12. The molecule has 10 nitrogen and oxygen atoms in total. The average Bonchev–Trinajstić information content (AvgIpc) is 3.44. The molecule has 236 valence electrons. The molecule has 1 aliphatic rings. The van der Waals surface area contributed by atoms with Crippen LogP contribution in [0.15, 0.2) is 106 Å². The molecule has 4 aromatic carbocycles. The lowest BCUT2D eigenvalue weighted by atomic mass is 9.81. The predicted molar refractivity (Wildman–Crippen MR) is 171 cm³/mol. The number of nitrogens with one attached hydrogen (secondary N) is 2. The summed E-state index contributed by atoms with van der Waals surface area (Å²) in [7, 11) is 0. The van der Waals surface area contributed by atoms with Crippen molar-refractivity contribution in [2.75, 3.05) is 13.2 Å². The zero-order valence-corrected chi connectivity index (χ0v) is 26.0. The molecule has 1 heterocycles. The van der Waals surface area contributed by atoms with Crippen molar-refractivity contribution < 1.29 is 28.2 Å². The minimum atomic E-state index is -1.68. The molecular formula is C33H29BrF2N6O4. The fourth-order valence-electron chi connectivity index (χ4n) is 5.05. The zero-order chi connectivity index (χ0) is 32.5. The van der Waals surface area contributed by atoms with Gasteiger partial charge in [-0.2, -0.15) is 0 Å². The van der Waals surface area contributed by atoms with Gasteiger partial charge >= 0.3 is 0 Å². The number of carbonyl (C=O) groups excluding carboxylic acids is 1. The number of rotatable bonds is 13. The molecule has 0 aromatic heterocycles. The smallest absolute Gasteiger partial charge is 0.266 e. The minimum Gasteiger partial charge on any atom is -0.494 e. The van der Waals surface area contributed by atoms with Gasteiger partial charge in [0.2, 0.25) is 5.90 Å². The van der Waals surface area contributed by atoms with Crippen LogP contribution in [-0.2, 0) is 22.5 Å². The molecule has 13 heteroatoms. The molecule has 1 aliphatic heterocycles. The van der Waals surface area contributed by atoms with Crippen LogP contribution in [0.25, 0.3) is 10.4 Å². The van der Waals surface area contributed by atoms with Gasteiger partial charge in [-0.15, -0.1) is 0 Å². The van der Waals surface area contributed by atoms with Crippen molar-refractivity contribution in [3.63, 3.8) is 0 Å². The number of hydrazine groups is 1. The van der Waals surface area contributed by atoms with Gasteiger partial charge < -0.3 is 14.6 Å². The van der Waals surface area contributed by atoms with E-state index in [4.69, 9.17) is 19.6 Å². The van der Waals surface area contributed by atoms with Crippen LogP contribution in [0.5, 0.6) is 5.75 Å². The Labute approximate surface area is 271 Å². The first kappa shape index (κ1) is 32.6. The van der Waals surface area contributed by atoms with Gasteiger partial charge in [0, 0.05) is 57.8 Å². The quantitative estimate of drug-likeness (QED) is 0.0468. The van der Waals surface area contributed by atoms with E-state index in [0.29, 0.717) is 45.6 Å². The molecule has 2 atom stereocenters. The van der Waals surface area contributed by atoms with Gasteiger partial charge in [-0.25, -0.2) is 19.2 Å². The summed E-state index contributed by atoms with van der Waals surface area (Å²) >= 11 is 3.59. The Kier molecular flexibility index (Phi) is 10.6. The number of aliphatic hydroxyl groups is 1. The van der Waals surface area contributed by atoms with Crippen molar-refractivity contribution >= 4 is 33.4 Å². The molecule has 0 aliphatic carbocycles. The van der Waals surface area contributed by atoms with Gasteiger partial charge in [0.05, 0.1) is 6.61 Å². The molecule has 5 rings (SSSR count). The average molecular weight is 692 g/mol. The van der Waals surface area contributed by atoms with E-state index in [1.165, 1.54) is 0 Å². The van der Waals surface area contributed by atoms with Gasteiger partial charge in [-0.05, 0) is 59.6 Å². The molecule has 0 unspecified atom stereocenters. The summed E-state index contributed by atoms with van der Waals surface area (Å²) < 4.78 is 40.9. The summed E-state index contributed by atoms with van der Waals surface area (Å²) in [6, 6.07) is 24.1. The monoisotopic (exact) mass is 690 g/mol. The van der Waals surface area contributed by atoms with E-state index in [0.717, 1.165) is 18.2 Å². The number of ether oxygens (including phenoxy) is 2. The lowest BCUT2D eigenvalue weighted by Crippen LogP contribution is -2.53. The van der Waals surface area contributed by atoms with E-state index in [2.05, 4.69) is 36.8 Å². The Balaban J connectivity index is 1.57. The molecule has 0 fully saturated rings. The zero-order valence-electron chi connectivity index (χ0n) is 24.4. The molecule has 0 saturated carbocycles. The predicted octanol–water partition coefficient (Wildman–Crippen LogP) is 6.75. The number of benzene rings is 4. The lowest BCUT2D eigenvalue weighted by Gasteiger charge is -2.31. The van der Waals surface area contributed by atoms with E-state index in [9.17, 15) is 19.1 Å². The highest BCUT2D eigenvalue weighted by molar-refractivity contribution is 9.10. The summed E-state index contributed by atoms with van der Waals surface area (Å²) in [5.41, 5.74) is 14.9. The maximum atomic E-state index is 14.4. The molecule has 0 bridgehead atoms. The Hall–Kier alpha value is -4.81. The largest absolute Gasteiger partial charge is 0.494 e. The molecule has 0 saturated heterocycles. The number of hydrogen-bond acceptors (Lipinski definition) is 7. The van der Waals surface area contributed by atoms with Gasteiger partial charge in [0.1, 0.15) is 17.4 Å². The Morgan fingerprint density at radius 3 is 2.59 bits per heavy atom. The molecule has 1 amide bonds. The molecule has 0 spiro atoms. The summed E-state index contributed by atoms with van der Waals surface area (Å²) in [4.78, 5) is 22.2. The van der Waals surface area contributed by atoms with Crippen LogP contribution in [0.1, 0.15) is 34.8 Å². The van der Waals surface area contributed by atoms with Crippen molar-refractivity contribution in [1.82, 2.24) is 10.9 Å². The molecule has 3 N–H and O–H groups in total. The second-order valence-corrected chi connectivity index (χ2v) is 11.2. The molecule has 4 aromatic rings. The fraction of sp³-hybridized carbons (Fsp3) is 0.212. The number of halogens is 3. The van der Waals surface area contributed by atoms with Gasteiger partial charge in [0.25, 0.3) is 5.91 Å². The molecular weight excluding hydrogens is 662 g/mol. The van der Waals surface area contributed by atoms with E-state index < -0.39 is 29.2 Å². The SMILES string of the molecule is [N-]=[N+]=Nc1ccccc1C[C@]1(C(=O)NNCc2cc(F)ccc2F)N=C(c2ccc(OCCCO)cc2)O[C@H]1c1ccccc1Br. The van der Waals surface area contributed by atoms with Crippen LogP contribution >= 0.6 is 15.9 Å². The highest BCUT2D eigenvalue weighted by atomic mass is 79.9. The number of aliphatic hydroxyl groups excluding tert-OH is 1. The van der Waals surface area contributed by atoms with E-state index in [1.54, 1.807) is 48.5 Å². The lowest BCUT2D eigenvalue weighted by molar-refractivity contribution is -0.130. The number of aliphatic imine (C=N–C) groups is 1. The van der Waals surface area contributed by atoms with E-state index >= 15 is 0 Å². The van der Waals surface area contributed by atoms with Crippen molar-refractivity contribution in [2.45, 2.75) is 31.0 Å². The second kappa shape index (κ2) is 15.0. The van der Waals surface area contributed by atoms with Crippen LogP contribution < -0.4 is 15.6 Å². The normalized spacial score (nSPS) is 17.0. The molecule has 46 heavy (non-hydrogen) atoms. The Morgan fingerprint density at radius 2 is 1.83 bits per heavy atom. The maximum absolute atomic E-state index is 14.4. The number of amides is 1. The van der Waals surface area contributed by atoms with Gasteiger partial charge in [-0.3, -0.25) is 10.2 Å². The second-order valence-electron chi connectivity index (χ2n) is 10.3. The number of nitrogens with zero attached hydrogens (tertiary/aromatic N) is 4. The van der Waals surface area contributed by atoms with E-state index in [1.807, 2.05) is 24.3 Å². The summed E-state index contributed by atoms with van der Waals surface area (Å²) in [6.07, 6.45) is -0.549.